The summed E-state index contributed by atoms with van der Waals surface area (Å²) < 4.78 is 0. The number of rotatable bonds is 3. The van der Waals surface area contributed by atoms with Gasteiger partial charge < -0.3 is 0 Å². The zero-order chi connectivity index (χ0) is 18.2. The Hall–Kier alpha value is -1.99. The van der Waals surface area contributed by atoms with E-state index in [0.717, 1.165) is 23.3 Å². The predicted octanol–water partition coefficient (Wildman–Crippen LogP) is 6.49. The highest BCUT2D eigenvalue weighted by atomic mass is 14.3. The van der Waals surface area contributed by atoms with Crippen LogP contribution in [0.4, 0.5) is 0 Å². The first-order chi connectivity index (χ1) is 12.8. The zero-order valence-electron chi connectivity index (χ0n) is 16.1. The van der Waals surface area contributed by atoms with Gasteiger partial charge in [-0.3, -0.25) is 0 Å². The summed E-state index contributed by atoms with van der Waals surface area (Å²) in [6, 6.07) is 9.61. The third-order valence-electron chi connectivity index (χ3n) is 6.63. The molecule has 1 aromatic rings. The summed E-state index contributed by atoms with van der Waals surface area (Å²) in [7, 11) is 0. The maximum atomic E-state index is 8.81. The number of hydrogen-bond donors (Lipinski definition) is 0. The van der Waals surface area contributed by atoms with E-state index < -0.39 is 0 Å². The number of hydrogen-bond acceptors (Lipinski definition) is 1. The Bertz CT molecular complexity index is 678. The molecule has 3 rings (SSSR count). The molecule has 2 saturated carbocycles. The van der Waals surface area contributed by atoms with Crippen molar-refractivity contribution in [1.29, 1.82) is 5.26 Å². The van der Waals surface area contributed by atoms with Crippen molar-refractivity contribution in [3.63, 3.8) is 0 Å². The number of nitriles is 1. The SMILES string of the molecule is CCC1CCC(C2CCC(/C=C/C#Cc3ccc(C#N)cc3)CC2)CC1. The van der Waals surface area contributed by atoms with E-state index in [9.17, 15) is 0 Å². The summed E-state index contributed by atoms with van der Waals surface area (Å²) in [6.45, 7) is 2.35. The van der Waals surface area contributed by atoms with Crippen molar-refractivity contribution in [2.24, 2.45) is 23.7 Å². The Morgan fingerprint density at radius 1 is 0.885 bits per heavy atom. The van der Waals surface area contributed by atoms with E-state index >= 15 is 0 Å². The Labute approximate surface area is 159 Å². The second-order valence-corrected chi connectivity index (χ2v) is 8.18. The summed E-state index contributed by atoms with van der Waals surface area (Å²) in [4.78, 5) is 0. The standard InChI is InChI=1S/C25H31N/c1-2-20-11-15-24(16-12-20)25-17-13-22(14-18-25)6-4-3-5-21-7-9-23(19-26)10-8-21/h4,6-10,20,22,24-25H,2,11-18H2,1H3/b6-4+. The molecule has 0 saturated heterocycles. The van der Waals surface area contributed by atoms with Crippen LogP contribution in [-0.4, -0.2) is 0 Å². The van der Waals surface area contributed by atoms with Crippen LogP contribution >= 0.6 is 0 Å². The topological polar surface area (TPSA) is 23.8 Å². The molecule has 0 heterocycles. The molecule has 0 unspecified atom stereocenters. The lowest BCUT2D eigenvalue weighted by Gasteiger charge is -2.37. The first-order valence-electron chi connectivity index (χ1n) is 10.5. The minimum atomic E-state index is 0.686. The molecule has 0 aliphatic heterocycles. The normalized spacial score (nSPS) is 28.9. The number of allylic oxidation sites excluding steroid dienone is 2. The Balaban J connectivity index is 1.42. The van der Waals surface area contributed by atoms with Crippen LogP contribution in [0.15, 0.2) is 36.4 Å². The van der Waals surface area contributed by atoms with Crippen LogP contribution in [0, 0.1) is 46.8 Å². The van der Waals surface area contributed by atoms with Crippen molar-refractivity contribution in [3.05, 3.63) is 47.5 Å². The second kappa shape index (κ2) is 9.64. The number of benzene rings is 1. The predicted molar refractivity (Wildman–Crippen MR) is 108 cm³/mol. The van der Waals surface area contributed by atoms with Crippen LogP contribution in [0.1, 0.15) is 75.8 Å². The molecule has 0 N–H and O–H groups in total. The Morgan fingerprint density at radius 2 is 1.46 bits per heavy atom. The van der Waals surface area contributed by atoms with Crippen LogP contribution in [-0.2, 0) is 0 Å². The Kier molecular flexibility index (Phi) is 6.96. The summed E-state index contributed by atoms with van der Waals surface area (Å²) in [5.74, 6) is 10.0. The molecule has 1 aromatic carbocycles. The maximum absolute atomic E-state index is 8.81. The first kappa shape index (κ1) is 18.8. The molecule has 136 valence electrons. The zero-order valence-corrected chi connectivity index (χ0v) is 16.1. The van der Waals surface area contributed by atoms with Gasteiger partial charge >= 0.3 is 0 Å². The van der Waals surface area contributed by atoms with Crippen LogP contribution in [0.5, 0.6) is 0 Å². The molecule has 0 bridgehead atoms. The van der Waals surface area contributed by atoms with E-state index in [-0.39, 0.29) is 0 Å². The smallest absolute Gasteiger partial charge is 0.0991 e. The van der Waals surface area contributed by atoms with Crippen molar-refractivity contribution in [3.8, 4) is 17.9 Å². The van der Waals surface area contributed by atoms with Crippen molar-refractivity contribution in [1.82, 2.24) is 0 Å². The van der Waals surface area contributed by atoms with Crippen LogP contribution in [0.25, 0.3) is 0 Å². The van der Waals surface area contributed by atoms with Gasteiger partial charge in [0.1, 0.15) is 0 Å². The van der Waals surface area contributed by atoms with Crippen molar-refractivity contribution >= 4 is 0 Å². The second-order valence-electron chi connectivity index (χ2n) is 8.18. The minimum absolute atomic E-state index is 0.686. The largest absolute Gasteiger partial charge is 0.192 e. The molecule has 2 aliphatic carbocycles. The summed E-state index contributed by atoms with van der Waals surface area (Å²) in [6.07, 6.45) is 17.2. The van der Waals surface area contributed by atoms with Crippen molar-refractivity contribution < 1.29 is 0 Å². The number of nitrogens with zero attached hydrogens (tertiary/aromatic N) is 1. The lowest BCUT2D eigenvalue weighted by Crippen LogP contribution is -2.25. The molecule has 1 nitrogen and oxygen atoms in total. The van der Waals surface area contributed by atoms with E-state index in [1.165, 1.54) is 57.8 Å². The van der Waals surface area contributed by atoms with Gasteiger partial charge in [-0.25, -0.2) is 0 Å². The minimum Gasteiger partial charge on any atom is -0.192 e. The van der Waals surface area contributed by atoms with Gasteiger partial charge in [0.25, 0.3) is 0 Å². The van der Waals surface area contributed by atoms with Gasteiger partial charge in [-0.05, 0) is 92.5 Å². The van der Waals surface area contributed by atoms with Gasteiger partial charge in [0.15, 0.2) is 0 Å². The van der Waals surface area contributed by atoms with Gasteiger partial charge in [-0.1, -0.05) is 44.1 Å². The molecule has 2 aliphatic rings. The quantitative estimate of drug-likeness (QED) is 0.574. The van der Waals surface area contributed by atoms with Gasteiger partial charge in [-0.2, -0.15) is 5.26 Å². The molecule has 0 radical (unpaired) electrons. The van der Waals surface area contributed by atoms with Crippen LogP contribution < -0.4 is 0 Å². The van der Waals surface area contributed by atoms with Crippen LogP contribution in [0.2, 0.25) is 0 Å². The Morgan fingerprint density at radius 3 is 2.04 bits per heavy atom. The fraction of sp³-hybridized carbons (Fsp3) is 0.560. The maximum Gasteiger partial charge on any atom is 0.0991 e. The molecule has 0 spiro atoms. The van der Waals surface area contributed by atoms with E-state index in [0.29, 0.717) is 11.5 Å². The molecular weight excluding hydrogens is 314 g/mol. The monoisotopic (exact) mass is 345 g/mol. The van der Waals surface area contributed by atoms with Gasteiger partial charge in [0.2, 0.25) is 0 Å². The average molecular weight is 346 g/mol. The van der Waals surface area contributed by atoms with Gasteiger partial charge in [-0.15, -0.1) is 0 Å². The van der Waals surface area contributed by atoms with Crippen molar-refractivity contribution in [2.75, 3.05) is 0 Å². The highest BCUT2D eigenvalue weighted by Crippen LogP contribution is 2.42. The van der Waals surface area contributed by atoms with Gasteiger partial charge in [0, 0.05) is 5.56 Å². The van der Waals surface area contributed by atoms with E-state index in [1.54, 1.807) is 0 Å². The molecule has 26 heavy (non-hydrogen) atoms. The van der Waals surface area contributed by atoms with E-state index in [4.69, 9.17) is 5.26 Å². The summed E-state index contributed by atoms with van der Waals surface area (Å²) in [5, 5.41) is 8.81. The molecule has 1 heteroatoms. The third-order valence-corrected chi connectivity index (χ3v) is 6.63. The van der Waals surface area contributed by atoms with E-state index in [2.05, 4.69) is 30.9 Å². The fourth-order valence-corrected chi connectivity index (χ4v) is 4.81. The fourth-order valence-electron chi connectivity index (χ4n) is 4.81. The molecule has 2 fully saturated rings. The molecule has 0 atom stereocenters. The molecule has 0 aromatic heterocycles. The first-order valence-corrected chi connectivity index (χ1v) is 10.5. The van der Waals surface area contributed by atoms with Crippen molar-refractivity contribution in [2.45, 2.75) is 64.7 Å². The summed E-state index contributed by atoms with van der Waals surface area (Å²) in [5.41, 5.74) is 1.66. The summed E-state index contributed by atoms with van der Waals surface area (Å²) >= 11 is 0. The highest BCUT2D eigenvalue weighted by Gasteiger charge is 2.29. The van der Waals surface area contributed by atoms with Gasteiger partial charge in [0.05, 0.1) is 11.6 Å². The third kappa shape index (κ3) is 5.25. The average Bonchev–Trinajstić information content (AvgIpc) is 2.72. The van der Waals surface area contributed by atoms with Crippen LogP contribution in [0.3, 0.4) is 0 Å². The lowest BCUT2D eigenvalue weighted by atomic mass is 9.69. The lowest BCUT2D eigenvalue weighted by molar-refractivity contribution is 0.154. The molecular formula is C25H31N. The highest BCUT2D eigenvalue weighted by molar-refractivity contribution is 5.41. The molecule has 0 amide bonds. The van der Waals surface area contributed by atoms with E-state index in [1.807, 2.05) is 30.3 Å².